The molecule has 3 rings (SSSR count). The molecule has 0 aliphatic heterocycles. The Hall–Kier alpha value is -4.58. The van der Waals surface area contributed by atoms with Crippen molar-refractivity contribution in [3.63, 3.8) is 0 Å². The number of carbonyl (C=O) groups is 3. The standard InChI is InChI=1S/C30H34N4O5/c1-29(2,3)26-12-9-13-34(26)23-15-21(22(16-25(23)38-7)33-28(37)39-30(4,5)6)32-27(36)17-24(35)20-11-8-10-19(14-20)18-31/h8-16H,17H2,1-7H3,(H,32,36)(H,33,37). The summed E-state index contributed by atoms with van der Waals surface area (Å²) in [4.78, 5) is 38.4. The highest BCUT2D eigenvalue weighted by molar-refractivity contribution is 6.12. The Kier molecular flexibility index (Phi) is 8.50. The molecule has 0 radical (unpaired) electrons. The van der Waals surface area contributed by atoms with Crippen molar-refractivity contribution in [3.8, 4) is 17.5 Å². The molecule has 0 saturated heterocycles. The van der Waals surface area contributed by atoms with Crippen LogP contribution in [-0.2, 0) is 14.9 Å². The Morgan fingerprint density at radius 2 is 1.64 bits per heavy atom. The molecular formula is C30H34N4O5. The van der Waals surface area contributed by atoms with Crippen molar-refractivity contribution in [2.75, 3.05) is 17.7 Å². The molecule has 0 spiro atoms. The Balaban J connectivity index is 2.01. The van der Waals surface area contributed by atoms with Gasteiger partial charge in [0.05, 0.1) is 42.2 Å². The number of nitrogens with one attached hydrogen (secondary N) is 2. The summed E-state index contributed by atoms with van der Waals surface area (Å²) < 4.78 is 13.0. The third kappa shape index (κ3) is 7.48. The van der Waals surface area contributed by atoms with Crippen LogP contribution in [0.25, 0.3) is 5.69 Å². The van der Waals surface area contributed by atoms with Crippen LogP contribution in [0.2, 0.25) is 0 Å². The first kappa shape index (κ1) is 29.0. The Morgan fingerprint density at radius 3 is 2.26 bits per heavy atom. The molecule has 39 heavy (non-hydrogen) atoms. The van der Waals surface area contributed by atoms with Crippen LogP contribution >= 0.6 is 0 Å². The van der Waals surface area contributed by atoms with Crippen molar-refractivity contribution in [3.05, 3.63) is 71.5 Å². The number of nitrogens with zero attached hydrogens (tertiary/aromatic N) is 2. The molecule has 204 valence electrons. The average Bonchev–Trinajstić information content (AvgIpc) is 3.34. The zero-order valence-electron chi connectivity index (χ0n) is 23.3. The van der Waals surface area contributed by atoms with Gasteiger partial charge in [0.1, 0.15) is 11.4 Å². The lowest BCUT2D eigenvalue weighted by atomic mass is 9.92. The van der Waals surface area contributed by atoms with Crippen molar-refractivity contribution < 1.29 is 23.9 Å². The average molecular weight is 531 g/mol. The van der Waals surface area contributed by atoms with Gasteiger partial charge in [-0.25, -0.2) is 4.79 Å². The number of anilines is 2. The highest BCUT2D eigenvalue weighted by Crippen LogP contribution is 2.37. The van der Waals surface area contributed by atoms with Gasteiger partial charge in [-0.05, 0) is 51.1 Å². The molecule has 1 aromatic heterocycles. The molecule has 0 bridgehead atoms. The molecule has 0 saturated carbocycles. The minimum absolute atomic E-state index is 0.199. The molecule has 9 nitrogen and oxygen atoms in total. The third-order valence-electron chi connectivity index (χ3n) is 5.64. The Bertz CT molecular complexity index is 1430. The van der Waals surface area contributed by atoms with Crippen LogP contribution in [0.4, 0.5) is 16.2 Å². The molecule has 9 heteroatoms. The summed E-state index contributed by atoms with van der Waals surface area (Å²) in [5.74, 6) is -0.583. The topological polar surface area (TPSA) is 122 Å². The molecule has 2 aromatic carbocycles. The van der Waals surface area contributed by atoms with Gasteiger partial charge in [-0.1, -0.05) is 32.9 Å². The molecule has 0 aliphatic carbocycles. The van der Waals surface area contributed by atoms with E-state index in [4.69, 9.17) is 14.7 Å². The van der Waals surface area contributed by atoms with E-state index in [9.17, 15) is 14.4 Å². The van der Waals surface area contributed by atoms with Crippen LogP contribution in [0.5, 0.6) is 5.75 Å². The number of amides is 2. The van der Waals surface area contributed by atoms with Gasteiger partial charge in [0.25, 0.3) is 0 Å². The maximum Gasteiger partial charge on any atom is 0.412 e. The fourth-order valence-electron chi connectivity index (χ4n) is 3.95. The number of rotatable bonds is 7. The van der Waals surface area contributed by atoms with Crippen molar-refractivity contribution in [1.29, 1.82) is 5.26 Å². The molecule has 1 heterocycles. The monoisotopic (exact) mass is 530 g/mol. The number of ketones is 1. The van der Waals surface area contributed by atoms with E-state index in [1.807, 2.05) is 29.0 Å². The van der Waals surface area contributed by atoms with Crippen LogP contribution in [-0.4, -0.2) is 35.1 Å². The summed E-state index contributed by atoms with van der Waals surface area (Å²) in [6.45, 7) is 11.5. The first-order valence-corrected chi connectivity index (χ1v) is 12.5. The van der Waals surface area contributed by atoms with E-state index in [2.05, 4.69) is 31.4 Å². The minimum atomic E-state index is -0.741. The van der Waals surface area contributed by atoms with E-state index < -0.39 is 29.8 Å². The SMILES string of the molecule is COc1cc(NC(=O)OC(C)(C)C)c(NC(=O)CC(=O)c2cccc(C#N)c2)cc1-n1cccc1C(C)(C)C. The minimum Gasteiger partial charge on any atom is -0.494 e. The summed E-state index contributed by atoms with van der Waals surface area (Å²) in [6.07, 6.45) is 0.712. The molecular weight excluding hydrogens is 496 g/mol. The number of carbonyl (C=O) groups excluding carboxylic acids is 3. The number of methoxy groups -OCH3 is 1. The lowest BCUT2D eigenvalue weighted by molar-refractivity contribution is -0.115. The summed E-state index contributed by atoms with van der Waals surface area (Å²) in [6, 6.07) is 15.3. The number of Topliss-reactive ketones (excluding diaryl/α,β-unsaturated/α-hetero) is 1. The second kappa shape index (κ2) is 11.4. The second-order valence-electron chi connectivity index (χ2n) is 11.1. The number of hydrogen-bond donors (Lipinski definition) is 2. The smallest absolute Gasteiger partial charge is 0.412 e. The van der Waals surface area contributed by atoms with Gasteiger partial charge in [0.15, 0.2) is 5.78 Å². The highest BCUT2D eigenvalue weighted by atomic mass is 16.6. The van der Waals surface area contributed by atoms with E-state index >= 15 is 0 Å². The second-order valence-corrected chi connectivity index (χ2v) is 11.1. The van der Waals surface area contributed by atoms with E-state index in [0.717, 1.165) is 5.69 Å². The normalized spacial score (nSPS) is 11.3. The maximum absolute atomic E-state index is 13.0. The van der Waals surface area contributed by atoms with E-state index in [1.54, 1.807) is 51.1 Å². The summed E-state index contributed by atoms with van der Waals surface area (Å²) in [5.41, 5.74) is 1.77. The number of ether oxygens (including phenoxy) is 2. The van der Waals surface area contributed by atoms with Gasteiger partial charge in [0, 0.05) is 28.9 Å². The quantitative estimate of drug-likeness (QED) is 0.276. The van der Waals surface area contributed by atoms with Gasteiger partial charge in [-0.2, -0.15) is 5.26 Å². The largest absolute Gasteiger partial charge is 0.494 e. The lowest BCUT2D eigenvalue weighted by Gasteiger charge is -2.24. The first-order valence-electron chi connectivity index (χ1n) is 12.5. The van der Waals surface area contributed by atoms with Gasteiger partial charge >= 0.3 is 6.09 Å². The molecule has 0 atom stereocenters. The highest BCUT2D eigenvalue weighted by Gasteiger charge is 2.24. The Morgan fingerprint density at radius 1 is 0.949 bits per heavy atom. The van der Waals surface area contributed by atoms with Crippen LogP contribution in [0.3, 0.4) is 0 Å². The van der Waals surface area contributed by atoms with E-state index in [-0.39, 0.29) is 22.4 Å². The third-order valence-corrected chi connectivity index (χ3v) is 5.64. The number of hydrogen-bond acceptors (Lipinski definition) is 6. The fraction of sp³-hybridized carbons (Fsp3) is 0.333. The molecule has 3 aromatic rings. The predicted molar refractivity (Wildman–Crippen MR) is 150 cm³/mol. The molecule has 0 aliphatic rings. The van der Waals surface area contributed by atoms with Crippen LogP contribution in [0.15, 0.2) is 54.7 Å². The molecule has 0 fully saturated rings. The lowest BCUT2D eigenvalue weighted by Crippen LogP contribution is -2.28. The Labute approximate surface area is 228 Å². The first-order chi connectivity index (χ1) is 18.2. The van der Waals surface area contributed by atoms with Gasteiger partial charge < -0.3 is 19.4 Å². The van der Waals surface area contributed by atoms with E-state index in [1.165, 1.54) is 13.2 Å². The number of aromatic nitrogens is 1. The molecule has 2 N–H and O–H groups in total. The van der Waals surface area contributed by atoms with Crippen molar-refractivity contribution in [2.45, 2.75) is 59.0 Å². The van der Waals surface area contributed by atoms with Gasteiger partial charge in [-0.15, -0.1) is 0 Å². The molecule has 2 amide bonds. The molecule has 0 unspecified atom stereocenters. The van der Waals surface area contributed by atoms with Crippen molar-refractivity contribution in [2.24, 2.45) is 0 Å². The zero-order chi connectivity index (χ0) is 29.0. The van der Waals surface area contributed by atoms with E-state index in [0.29, 0.717) is 17.0 Å². The van der Waals surface area contributed by atoms with Gasteiger partial charge in [-0.3, -0.25) is 14.9 Å². The van der Waals surface area contributed by atoms with Crippen LogP contribution in [0, 0.1) is 11.3 Å². The zero-order valence-corrected chi connectivity index (χ0v) is 23.3. The predicted octanol–water partition coefficient (Wildman–Crippen LogP) is 6.21. The fourth-order valence-corrected chi connectivity index (χ4v) is 3.95. The summed E-state index contributed by atoms with van der Waals surface area (Å²) >= 11 is 0. The number of benzene rings is 2. The van der Waals surface area contributed by atoms with Crippen LogP contribution in [0.1, 0.15) is 69.6 Å². The van der Waals surface area contributed by atoms with Crippen LogP contribution < -0.4 is 15.4 Å². The van der Waals surface area contributed by atoms with Crippen molar-refractivity contribution in [1.82, 2.24) is 4.57 Å². The summed E-state index contributed by atoms with van der Waals surface area (Å²) in [5, 5.41) is 14.5. The van der Waals surface area contributed by atoms with Crippen molar-refractivity contribution >= 4 is 29.2 Å². The summed E-state index contributed by atoms with van der Waals surface area (Å²) in [7, 11) is 1.52. The maximum atomic E-state index is 13.0. The number of nitriles is 1. The van der Waals surface area contributed by atoms with Gasteiger partial charge in [0.2, 0.25) is 5.91 Å².